The van der Waals surface area contributed by atoms with Crippen molar-refractivity contribution in [3.8, 4) is 5.75 Å². The van der Waals surface area contributed by atoms with E-state index < -0.39 is 23.3 Å². The first-order valence-electron chi connectivity index (χ1n) is 13.0. The van der Waals surface area contributed by atoms with Gasteiger partial charge >= 0.3 is 5.97 Å². The highest BCUT2D eigenvalue weighted by molar-refractivity contribution is 6.30. The lowest BCUT2D eigenvalue weighted by atomic mass is 9.84. The molecule has 0 aliphatic heterocycles. The van der Waals surface area contributed by atoms with E-state index in [9.17, 15) is 23.6 Å². The number of fused-ring (bicyclic) bond motifs is 1. The summed E-state index contributed by atoms with van der Waals surface area (Å²) in [7, 11) is 0. The first-order valence-corrected chi connectivity index (χ1v) is 13.4. The van der Waals surface area contributed by atoms with Gasteiger partial charge in [0.1, 0.15) is 5.39 Å². The number of carbonyl (C=O) groups excluding carboxylic acids is 3. The summed E-state index contributed by atoms with van der Waals surface area (Å²) in [6.07, 6.45) is 3.86. The van der Waals surface area contributed by atoms with Crippen LogP contribution in [0.2, 0.25) is 5.02 Å². The van der Waals surface area contributed by atoms with Crippen molar-refractivity contribution in [3.05, 3.63) is 69.0 Å². The molecule has 212 valence electrons. The maximum Gasteiger partial charge on any atom is 0.303 e. The third-order valence-corrected chi connectivity index (χ3v) is 6.96. The summed E-state index contributed by atoms with van der Waals surface area (Å²) < 4.78 is 25.1. The van der Waals surface area contributed by atoms with E-state index in [1.165, 1.54) is 13.0 Å². The van der Waals surface area contributed by atoms with Crippen LogP contribution in [0.4, 0.5) is 4.39 Å². The van der Waals surface area contributed by atoms with Gasteiger partial charge < -0.3 is 25.1 Å². The summed E-state index contributed by atoms with van der Waals surface area (Å²) >= 11 is 5.97. The monoisotopic (exact) mass is 572 g/mol. The van der Waals surface area contributed by atoms with Crippen LogP contribution in [0.3, 0.4) is 0 Å². The molecule has 3 N–H and O–H groups in total. The predicted octanol–water partition coefficient (Wildman–Crippen LogP) is 3.65. The molecule has 12 heteroatoms. The number of nitrogens with one attached hydrogen (secondary N) is 3. The number of rotatable bonds is 10. The lowest BCUT2D eigenvalue weighted by molar-refractivity contribution is -0.146. The van der Waals surface area contributed by atoms with Crippen LogP contribution in [-0.2, 0) is 20.9 Å². The molecule has 4 rings (SSSR count). The standard InChI is InChI=1S/C28H30ClFN4O6/c1-16(35)40-15-23(36)32-20-7-5-17(6-8-20)11-12-39-25-21(30)9-10-22-24(25)27(37)34-26(33-22)28(38)31-14-18-3-2-4-19(29)13-18/h2-4,9-10,13,17,20H,5-8,11-12,14-15H2,1H3,(H,31,38)(H,32,36)(H,33,34,37). The van der Waals surface area contributed by atoms with Gasteiger partial charge in [-0.05, 0) is 67.9 Å². The smallest absolute Gasteiger partial charge is 0.303 e. The zero-order valence-electron chi connectivity index (χ0n) is 21.9. The second-order valence-corrected chi connectivity index (χ2v) is 10.1. The average molecular weight is 573 g/mol. The highest BCUT2D eigenvalue weighted by Crippen LogP contribution is 2.29. The van der Waals surface area contributed by atoms with Gasteiger partial charge in [0.25, 0.3) is 17.4 Å². The first kappa shape index (κ1) is 29.0. The Hall–Kier alpha value is -3.99. The van der Waals surface area contributed by atoms with Crippen molar-refractivity contribution in [1.82, 2.24) is 20.6 Å². The van der Waals surface area contributed by atoms with Crippen molar-refractivity contribution in [2.24, 2.45) is 5.92 Å². The fourth-order valence-electron chi connectivity index (χ4n) is 4.70. The summed E-state index contributed by atoms with van der Waals surface area (Å²) in [4.78, 5) is 54.8. The maximum atomic E-state index is 14.7. The van der Waals surface area contributed by atoms with E-state index in [-0.39, 0.29) is 54.2 Å². The summed E-state index contributed by atoms with van der Waals surface area (Å²) in [5.74, 6) is -2.21. The molecule has 10 nitrogen and oxygen atoms in total. The number of hydrogen-bond acceptors (Lipinski definition) is 7. The van der Waals surface area contributed by atoms with Gasteiger partial charge in [-0.25, -0.2) is 9.37 Å². The molecule has 0 spiro atoms. The average Bonchev–Trinajstić information content (AvgIpc) is 2.92. The third kappa shape index (κ3) is 7.78. The van der Waals surface area contributed by atoms with Gasteiger partial charge in [-0.1, -0.05) is 23.7 Å². The molecule has 1 aliphatic rings. The summed E-state index contributed by atoms with van der Waals surface area (Å²) in [6.45, 7) is 1.33. The van der Waals surface area contributed by atoms with Crippen LogP contribution in [0.1, 0.15) is 55.2 Å². The fraction of sp³-hybridized carbons (Fsp3) is 0.393. The highest BCUT2D eigenvalue weighted by Gasteiger charge is 2.23. The quantitative estimate of drug-likeness (QED) is 0.315. The summed E-state index contributed by atoms with van der Waals surface area (Å²) in [5.41, 5.74) is 0.231. The number of aromatic amines is 1. The molecule has 0 bridgehead atoms. The molecule has 3 aromatic rings. The maximum absolute atomic E-state index is 14.7. The van der Waals surface area contributed by atoms with Gasteiger partial charge in [-0.3, -0.25) is 19.2 Å². The van der Waals surface area contributed by atoms with Gasteiger partial charge in [-0.15, -0.1) is 0 Å². The van der Waals surface area contributed by atoms with Crippen LogP contribution in [0, 0.1) is 11.7 Å². The van der Waals surface area contributed by atoms with Gasteiger partial charge in [0.2, 0.25) is 0 Å². The van der Waals surface area contributed by atoms with Gasteiger partial charge in [-0.2, -0.15) is 0 Å². The largest absolute Gasteiger partial charge is 0.490 e. The molecule has 0 radical (unpaired) electrons. The molecule has 1 saturated carbocycles. The molecule has 40 heavy (non-hydrogen) atoms. The van der Waals surface area contributed by atoms with Crippen molar-refractivity contribution in [3.63, 3.8) is 0 Å². The molecule has 1 aliphatic carbocycles. The molecule has 2 amide bonds. The van der Waals surface area contributed by atoms with Crippen molar-refractivity contribution < 1.29 is 28.2 Å². The number of benzene rings is 2. The minimum absolute atomic E-state index is 0.0114. The van der Waals surface area contributed by atoms with E-state index >= 15 is 0 Å². The van der Waals surface area contributed by atoms with Crippen LogP contribution < -0.4 is 20.9 Å². The van der Waals surface area contributed by atoms with Crippen molar-refractivity contribution >= 4 is 40.3 Å². The minimum atomic E-state index is -0.697. The Morgan fingerprint density at radius 1 is 1.15 bits per heavy atom. The number of ether oxygens (including phenoxy) is 2. The second kappa shape index (κ2) is 13.4. The molecule has 0 saturated heterocycles. The van der Waals surface area contributed by atoms with Gasteiger partial charge in [0.05, 0.1) is 12.1 Å². The van der Waals surface area contributed by atoms with E-state index in [1.807, 2.05) is 0 Å². The number of aromatic nitrogens is 2. The molecule has 0 unspecified atom stereocenters. The summed E-state index contributed by atoms with van der Waals surface area (Å²) in [5, 5.41) is 6.01. The Labute approximate surface area is 234 Å². The van der Waals surface area contributed by atoms with E-state index in [1.54, 1.807) is 24.3 Å². The predicted molar refractivity (Wildman–Crippen MR) is 146 cm³/mol. The lowest BCUT2D eigenvalue weighted by Crippen LogP contribution is -2.39. The van der Waals surface area contributed by atoms with Crippen LogP contribution in [0.5, 0.6) is 5.75 Å². The van der Waals surface area contributed by atoms with Crippen molar-refractivity contribution in [2.45, 2.75) is 51.6 Å². The second-order valence-electron chi connectivity index (χ2n) is 9.70. The molecular formula is C28H30ClFN4O6. The molecular weight excluding hydrogens is 543 g/mol. The number of halogens is 2. The SMILES string of the molecule is CC(=O)OCC(=O)NC1CCC(CCOc2c(F)ccc3nc(C(=O)NCc4cccc(Cl)c4)[nH]c(=O)c23)CC1. The summed E-state index contributed by atoms with van der Waals surface area (Å²) in [6, 6.07) is 9.49. The number of H-pyrrole nitrogens is 1. The third-order valence-electron chi connectivity index (χ3n) is 6.73. The zero-order chi connectivity index (χ0) is 28.6. The number of esters is 1. The van der Waals surface area contributed by atoms with Crippen LogP contribution in [-0.4, -0.2) is 47.0 Å². The minimum Gasteiger partial charge on any atom is -0.490 e. The van der Waals surface area contributed by atoms with E-state index in [2.05, 4.69) is 20.6 Å². The Bertz CT molecular complexity index is 1450. The Morgan fingerprint density at radius 3 is 2.65 bits per heavy atom. The number of amides is 2. The number of nitrogens with zero attached hydrogens (tertiary/aromatic N) is 1. The van der Waals surface area contributed by atoms with Gasteiger partial charge in [0.15, 0.2) is 24.0 Å². The first-order chi connectivity index (χ1) is 19.2. The molecule has 1 aromatic heterocycles. The van der Waals surface area contributed by atoms with Gasteiger partial charge in [0, 0.05) is 24.5 Å². The van der Waals surface area contributed by atoms with Crippen LogP contribution in [0.15, 0.2) is 41.2 Å². The normalized spacial score (nSPS) is 16.8. The highest BCUT2D eigenvalue weighted by atomic mass is 35.5. The molecule has 1 heterocycles. The fourth-order valence-corrected chi connectivity index (χ4v) is 4.91. The zero-order valence-corrected chi connectivity index (χ0v) is 22.7. The van der Waals surface area contributed by atoms with Crippen molar-refractivity contribution in [2.75, 3.05) is 13.2 Å². The lowest BCUT2D eigenvalue weighted by Gasteiger charge is -2.29. The molecule has 1 fully saturated rings. The molecule has 2 aromatic carbocycles. The topological polar surface area (TPSA) is 139 Å². The Balaban J connectivity index is 1.32. The number of carbonyl (C=O) groups is 3. The van der Waals surface area contributed by atoms with E-state index in [4.69, 9.17) is 21.1 Å². The van der Waals surface area contributed by atoms with E-state index in [0.717, 1.165) is 37.3 Å². The van der Waals surface area contributed by atoms with E-state index in [0.29, 0.717) is 17.4 Å². The van der Waals surface area contributed by atoms with Crippen LogP contribution >= 0.6 is 11.6 Å². The molecule has 0 atom stereocenters. The van der Waals surface area contributed by atoms with Crippen LogP contribution in [0.25, 0.3) is 10.9 Å². The Morgan fingerprint density at radius 2 is 1.93 bits per heavy atom. The van der Waals surface area contributed by atoms with Crippen molar-refractivity contribution in [1.29, 1.82) is 0 Å². The number of hydrogen-bond donors (Lipinski definition) is 3. The Kier molecular flexibility index (Phi) is 9.70.